The van der Waals surface area contributed by atoms with Crippen LogP contribution in [-0.2, 0) is 4.79 Å². The molecule has 2 rings (SSSR count). The molecule has 0 spiro atoms. The predicted octanol–water partition coefficient (Wildman–Crippen LogP) is 1.79. The van der Waals surface area contributed by atoms with Crippen LogP contribution < -0.4 is 10.1 Å². The van der Waals surface area contributed by atoms with Crippen molar-refractivity contribution in [2.24, 2.45) is 0 Å². The summed E-state index contributed by atoms with van der Waals surface area (Å²) in [6, 6.07) is 4.47. The van der Waals surface area contributed by atoms with Crippen LogP contribution in [0.5, 0.6) is 5.75 Å². The number of halogens is 2. The number of carbonyl (C=O) groups excluding carboxylic acids is 1. The summed E-state index contributed by atoms with van der Waals surface area (Å²) in [4.78, 5) is 13.9. The number of hydrogen-bond donors (Lipinski definition) is 1. The van der Waals surface area contributed by atoms with Gasteiger partial charge in [0.25, 0.3) is 5.91 Å². The molecule has 1 aromatic carbocycles. The first kappa shape index (κ1) is 14.3. The molecule has 1 aromatic rings. The summed E-state index contributed by atoms with van der Waals surface area (Å²) >= 11 is 3.07. The minimum atomic E-state index is -0.612. The first-order chi connectivity index (χ1) is 9.08. The lowest BCUT2D eigenvalue weighted by Crippen LogP contribution is -2.50. The van der Waals surface area contributed by atoms with Gasteiger partial charge in [0.15, 0.2) is 6.10 Å². The Morgan fingerprint density at radius 2 is 2.16 bits per heavy atom. The molecule has 1 fully saturated rings. The van der Waals surface area contributed by atoms with Crippen LogP contribution in [0.3, 0.4) is 0 Å². The molecule has 19 heavy (non-hydrogen) atoms. The zero-order chi connectivity index (χ0) is 13.8. The van der Waals surface area contributed by atoms with Crippen molar-refractivity contribution >= 4 is 21.8 Å². The van der Waals surface area contributed by atoms with Crippen LogP contribution in [0.4, 0.5) is 4.39 Å². The predicted molar refractivity (Wildman–Crippen MR) is 73.6 cm³/mol. The molecule has 1 heterocycles. The molecule has 1 aliphatic heterocycles. The van der Waals surface area contributed by atoms with Crippen molar-refractivity contribution < 1.29 is 13.9 Å². The monoisotopic (exact) mass is 330 g/mol. The number of nitrogens with zero attached hydrogens (tertiary/aromatic N) is 1. The van der Waals surface area contributed by atoms with Crippen LogP contribution in [0.25, 0.3) is 0 Å². The molecule has 1 aliphatic rings. The van der Waals surface area contributed by atoms with Crippen molar-refractivity contribution in [2.45, 2.75) is 13.0 Å². The molecule has 104 valence electrons. The minimum Gasteiger partial charge on any atom is -0.481 e. The highest BCUT2D eigenvalue weighted by Crippen LogP contribution is 2.22. The molecule has 1 unspecified atom stereocenters. The van der Waals surface area contributed by atoms with E-state index in [9.17, 15) is 9.18 Å². The second kappa shape index (κ2) is 6.34. The van der Waals surface area contributed by atoms with Gasteiger partial charge in [0.05, 0.1) is 4.47 Å². The Labute approximate surface area is 120 Å². The number of rotatable bonds is 3. The Kier molecular flexibility index (Phi) is 4.76. The lowest BCUT2D eigenvalue weighted by Gasteiger charge is -2.29. The maximum atomic E-state index is 13.4. The fourth-order valence-corrected chi connectivity index (χ4v) is 2.19. The zero-order valence-electron chi connectivity index (χ0n) is 10.7. The topological polar surface area (TPSA) is 41.6 Å². The lowest BCUT2D eigenvalue weighted by atomic mass is 10.2. The van der Waals surface area contributed by atoms with Crippen LogP contribution in [0.15, 0.2) is 22.7 Å². The van der Waals surface area contributed by atoms with E-state index in [2.05, 4.69) is 21.2 Å². The van der Waals surface area contributed by atoms with Crippen molar-refractivity contribution in [1.29, 1.82) is 0 Å². The second-order valence-corrected chi connectivity index (χ2v) is 5.27. The molecular weight excluding hydrogens is 315 g/mol. The molecule has 1 N–H and O–H groups in total. The minimum absolute atomic E-state index is 0.0650. The smallest absolute Gasteiger partial charge is 0.263 e. The molecule has 0 radical (unpaired) electrons. The fourth-order valence-electron chi connectivity index (χ4n) is 1.95. The van der Waals surface area contributed by atoms with Crippen LogP contribution in [0.2, 0.25) is 0 Å². The lowest BCUT2D eigenvalue weighted by molar-refractivity contribution is -0.138. The molecule has 0 aromatic heterocycles. The van der Waals surface area contributed by atoms with Gasteiger partial charge in [0.2, 0.25) is 0 Å². The van der Waals surface area contributed by atoms with Gasteiger partial charge >= 0.3 is 0 Å². The molecule has 0 aliphatic carbocycles. The van der Waals surface area contributed by atoms with Gasteiger partial charge in [0, 0.05) is 32.2 Å². The Morgan fingerprint density at radius 1 is 1.47 bits per heavy atom. The highest BCUT2D eigenvalue weighted by molar-refractivity contribution is 9.10. The summed E-state index contributed by atoms with van der Waals surface area (Å²) in [6.45, 7) is 4.64. The van der Waals surface area contributed by atoms with Gasteiger partial charge in [-0.3, -0.25) is 4.79 Å². The van der Waals surface area contributed by atoms with Gasteiger partial charge < -0.3 is 15.0 Å². The Bertz CT molecular complexity index is 464. The fraction of sp³-hybridized carbons (Fsp3) is 0.462. The summed E-state index contributed by atoms with van der Waals surface area (Å²) in [6.07, 6.45) is -0.612. The molecule has 1 amide bonds. The van der Waals surface area contributed by atoms with Gasteiger partial charge in [0.1, 0.15) is 11.6 Å². The van der Waals surface area contributed by atoms with Gasteiger partial charge in [-0.25, -0.2) is 4.39 Å². The van der Waals surface area contributed by atoms with E-state index in [1.807, 2.05) is 0 Å². The number of amides is 1. The van der Waals surface area contributed by atoms with E-state index in [0.717, 1.165) is 13.1 Å². The third-order valence-corrected chi connectivity index (χ3v) is 3.62. The number of benzene rings is 1. The Hall–Kier alpha value is -1.14. The van der Waals surface area contributed by atoms with E-state index in [1.165, 1.54) is 6.07 Å². The molecule has 1 saturated heterocycles. The van der Waals surface area contributed by atoms with E-state index < -0.39 is 11.9 Å². The van der Waals surface area contributed by atoms with Gasteiger partial charge in [-0.05, 0) is 35.0 Å². The highest BCUT2D eigenvalue weighted by Gasteiger charge is 2.23. The zero-order valence-corrected chi connectivity index (χ0v) is 12.2. The third-order valence-electron chi connectivity index (χ3n) is 2.98. The number of ether oxygens (including phenoxy) is 1. The van der Waals surface area contributed by atoms with Crippen molar-refractivity contribution in [3.05, 3.63) is 28.5 Å². The Balaban J connectivity index is 1.97. The average Bonchev–Trinajstić information content (AvgIpc) is 2.43. The van der Waals surface area contributed by atoms with Crippen molar-refractivity contribution in [3.8, 4) is 5.75 Å². The van der Waals surface area contributed by atoms with Gasteiger partial charge in [-0.15, -0.1) is 0 Å². The molecule has 1 atom stereocenters. The third kappa shape index (κ3) is 3.67. The van der Waals surface area contributed by atoms with Crippen LogP contribution in [0.1, 0.15) is 6.92 Å². The van der Waals surface area contributed by atoms with E-state index in [1.54, 1.807) is 24.0 Å². The van der Waals surface area contributed by atoms with Crippen LogP contribution in [0, 0.1) is 5.82 Å². The van der Waals surface area contributed by atoms with Crippen molar-refractivity contribution in [3.63, 3.8) is 0 Å². The van der Waals surface area contributed by atoms with Gasteiger partial charge in [-0.1, -0.05) is 0 Å². The number of hydrogen-bond acceptors (Lipinski definition) is 3. The summed E-state index contributed by atoms with van der Waals surface area (Å²) in [5.74, 6) is -0.110. The quantitative estimate of drug-likeness (QED) is 0.918. The highest BCUT2D eigenvalue weighted by atomic mass is 79.9. The van der Waals surface area contributed by atoms with E-state index in [4.69, 9.17) is 4.74 Å². The standard InChI is InChI=1S/C13H16BrFN2O2/c1-9(13(18)17-6-4-16-5-7-17)19-10-2-3-11(14)12(15)8-10/h2-3,8-9,16H,4-7H2,1H3. The largest absolute Gasteiger partial charge is 0.481 e. The van der Waals surface area contributed by atoms with Crippen molar-refractivity contribution in [1.82, 2.24) is 10.2 Å². The van der Waals surface area contributed by atoms with Crippen LogP contribution in [-0.4, -0.2) is 43.1 Å². The number of carbonyl (C=O) groups is 1. The summed E-state index contributed by atoms with van der Waals surface area (Å²) in [5.41, 5.74) is 0. The molecule has 0 bridgehead atoms. The summed E-state index contributed by atoms with van der Waals surface area (Å²) < 4.78 is 19.2. The first-order valence-electron chi connectivity index (χ1n) is 6.19. The second-order valence-electron chi connectivity index (χ2n) is 4.41. The van der Waals surface area contributed by atoms with E-state index >= 15 is 0 Å². The molecule has 4 nitrogen and oxygen atoms in total. The maximum absolute atomic E-state index is 13.4. The van der Waals surface area contributed by atoms with E-state index in [-0.39, 0.29) is 5.91 Å². The summed E-state index contributed by atoms with van der Waals surface area (Å²) in [7, 11) is 0. The molecular formula is C13H16BrFN2O2. The first-order valence-corrected chi connectivity index (χ1v) is 6.98. The van der Waals surface area contributed by atoms with Crippen LogP contribution >= 0.6 is 15.9 Å². The molecule has 0 saturated carbocycles. The maximum Gasteiger partial charge on any atom is 0.263 e. The number of piperazine rings is 1. The van der Waals surface area contributed by atoms with E-state index in [0.29, 0.717) is 23.3 Å². The Morgan fingerprint density at radius 3 is 2.79 bits per heavy atom. The number of nitrogens with one attached hydrogen (secondary N) is 1. The van der Waals surface area contributed by atoms with Gasteiger partial charge in [-0.2, -0.15) is 0 Å². The van der Waals surface area contributed by atoms with Crippen molar-refractivity contribution in [2.75, 3.05) is 26.2 Å². The molecule has 6 heteroatoms. The normalized spacial score (nSPS) is 17.1. The average molecular weight is 331 g/mol. The SMILES string of the molecule is CC(Oc1ccc(Br)c(F)c1)C(=O)N1CCNCC1. The summed E-state index contributed by atoms with van der Waals surface area (Å²) in [5, 5.41) is 3.18.